The number of oxazole rings is 1. The summed E-state index contributed by atoms with van der Waals surface area (Å²) in [6, 6.07) is 9.51. The van der Waals surface area contributed by atoms with Gasteiger partial charge in [0.05, 0.1) is 17.0 Å². The van der Waals surface area contributed by atoms with Gasteiger partial charge in [0, 0.05) is 0 Å². The predicted molar refractivity (Wildman–Crippen MR) is 106 cm³/mol. The summed E-state index contributed by atoms with van der Waals surface area (Å²) in [5.41, 5.74) is 7.33. The van der Waals surface area contributed by atoms with Crippen molar-refractivity contribution in [3.05, 3.63) is 58.3 Å². The van der Waals surface area contributed by atoms with Gasteiger partial charge in [0.2, 0.25) is 11.8 Å². The van der Waals surface area contributed by atoms with Gasteiger partial charge in [-0.1, -0.05) is 12.1 Å². The van der Waals surface area contributed by atoms with Gasteiger partial charge in [-0.2, -0.15) is 0 Å². The van der Waals surface area contributed by atoms with E-state index in [-0.39, 0.29) is 13.0 Å². The van der Waals surface area contributed by atoms with E-state index in [0.29, 0.717) is 23.1 Å². The highest BCUT2D eigenvalue weighted by Gasteiger charge is 2.15. The highest BCUT2D eigenvalue weighted by molar-refractivity contribution is 7.13. The van der Waals surface area contributed by atoms with Crippen molar-refractivity contribution in [2.45, 2.75) is 27.2 Å². The number of hydrogen-bond donors (Lipinski definition) is 2. The third-order valence-corrected chi connectivity index (χ3v) is 4.72. The summed E-state index contributed by atoms with van der Waals surface area (Å²) in [7, 11) is 0. The number of carbonyl (C=O) groups is 2. The molecular formula is C20H21N3O4S. The van der Waals surface area contributed by atoms with Crippen LogP contribution < -0.4 is 15.6 Å². The Bertz CT molecular complexity index is 959. The second-order valence-corrected chi connectivity index (χ2v) is 7.33. The average molecular weight is 399 g/mol. The first-order chi connectivity index (χ1) is 13.4. The van der Waals surface area contributed by atoms with Gasteiger partial charge in [-0.05, 0) is 55.5 Å². The van der Waals surface area contributed by atoms with Gasteiger partial charge in [-0.25, -0.2) is 4.98 Å². The van der Waals surface area contributed by atoms with Gasteiger partial charge in [0.15, 0.2) is 6.61 Å². The molecule has 0 aliphatic rings. The number of hydrogen-bond acceptors (Lipinski definition) is 6. The van der Waals surface area contributed by atoms with Crippen LogP contribution in [0.1, 0.15) is 22.6 Å². The van der Waals surface area contributed by atoms with Crippen LogP contribution in [0.5, 0.6) is 5.75 Å². The lowest BCUT2D eigenvalue weighted by Gasteiger charge is -2.09. The molecule has 3 aromatic rings. The molecule has 0 aliphatic heterocycles. The van der Waals surface area contributed by atoms with E-state index in [2.05, 4.69) is 15.8 Å². The van der Waals surface area contributed by atoms with Crippen LogP contribution in [-0.4, -0.2) is 23.4 Å². The summed E-state index contributed by atoms with van der Waals surface area (Å²) in [4.78, 5) is 29.2. The molecule has 3 rings (SSSR count). The fraction of sp³-hybridized carbons (Fsp3) is 0.250. The highest BCUT2D eigenvalue weighted by Crippen LogP contribution is 2.26. The molecule has 0 saturated heterocycles. The highest BCUT2D eigenvalue weighted by atomic mass is 32.1. The molecule has 0 aliphatic carbocycles. The molecule has 8 heteroatoms. The fourth-order valence-electron chi connectivity index (χ4n) is 2.63. The molecule has 1 aromatic carbocycles. The van der Waals surface area contributed by atoms with Crippen molar-refractivity contribution in [3.63, 3.8) is 0 Å². The molecule has 0 unspecified atom stereocenters. The number of benzene rings is 1. The van der Waals surface area contributed by atoms with Crippen molar-refractivity contribution < 1.29 is 18.7 Å². The first kappa shape index (κ1) is 19.6. The van der Waals surface area contributed by atoms with Crippen LogP contribution in [-0.2, 0) is 16.0 Å². The molecule has 0 bridgehead atoms. The van der Waals surface area contributed by atoms with E-state index in [9.17, 15) is 9.59 Å². The molecule has 0 fully saturated rings. The standard InChI is InChI=1S/C20H21N3O4S/c1-12-7-13(2)9-15(8-12)26-11-19(25)23-22-18(24)10-16-14(3)27-20(21-16)17-5-4-6-28-17/h4-9H,10-11H2,1-3H3,(H,22,24)(H,23,25). The molecular weight excluding hydrogens is 378 g/mol. The van der Waals surface area contributed by atoms with E-state index < -0.39 is 11.8 Å². The third-order valence-electron chi connectivity index (χ3n) is 3.86. The van der Waals surface area contributed by atoms with Gasteiger partial charge in [0.25, 0.3) is 5.91 Å². The lowest BCUT2D eigenvalue weighted by atomic mass is 10.1. The number of ether oxygens (including phenoxy) is 1. The van der Waals surface area contributed by atoms with E-state index in [1.165, 1.54) is 11.3 Å². The Morgan fingerprint density at radius 1 is 1.11 bits per heavy atom. The minimum absolute atomic E-state index is 0.00107. The Kier molecular flexibility index (Phi) is 6.10. The Labute approximate surface area is 166 Å². The van der Waals surface area contributed by atoms with Gasteiger partial charge < -0.3 is 9.15 Å². The summed E-state index contributed by atoms with van der Waals surface area (Å²) in [6.45, 7) is 5.46. The molecule has 2 amide bonds. The summed E-state index contributed by atoms with van der Waals surface area (Å²) in [5, 5.41) is 1.93. The van der Waals surface area contributed by atoms with E-state index >= 15 is 0 Å². The minimum Gasteiger partial charge on any atom is -0.484 e. The number of hydrazine groups is 1. The number of rotatable bonds is 6. The van der Waals surface area contributed by atoms with Gasteiger partial charge in [-0.3, -0.25) is 20.4 Å². The molecule has 2 heterocycles. The van der Waals surface area contributed by atoms with Crippen molar-refractivity contribution in [2.24, 2.45) is 0 Å². The Balaban J connectivity index is 1.47. The van der Waals surface area contributed by atoms with Gasteiger partial charge in [0.1, 0.15) is 11.5 Å². The summed E-state index contributed by atoms with van der Waals surface area (Å²) in [5.74, 6) is 0.819. The molecule has 0 saturated carbocycles. The van der Waals surface area contributed by atoms with Crippen LogP contribution in [0.3, 0.4) is 0 Å². The number of nitrogens with zero attached hydrogens (tertiary/aromatic N) is 1. The van der Waals surface area contributed by atoms with Crippen LogP contribution in [0.2, 0.25) is 0 Å². The van der Waals surface area contributed by atoms with Crippen LogP contribution in [0, 0.1) is 20.8 Å². The van der Waals surface area contributed by atoms with Crippen molar-refractivity contribution in [1.82, 2.24) is 15.8 Å². The quantitative estimate of drug-likeness (QED) is 0.621. The number of aryl methyl sites for hydroxylation is 3. The fourth-order valence-corrected chi connectivity index (χ4v) is 3.28. The lowest BCUT2D eigenvalue weighted by molar-refractivity contribution is -0.129. The molecule has 0 radical (unpaired) electrons. The number of amides is 2. The third kappa shape index (κ3) is 5.20. The topological polar surface area (TPSA) is 93.5 Å². The summed E-state index contributed by atoms with van der Waals surface area (Å²) in [6.07, 6.45) is -0.00107. The van der Waals surface area contributed by atoms with Crippen LogP contribution in [0.4, 0.5) is 0 Å². The number of nitrogens with one attached hydrogen (secondary N) is 2. The van der Waals surface area contributed by atoms with E-state index in [4.69, 9.17) is 9.15 Å². The van der Waals surface area contributed by atoms with E-state index in [1.54, 1.807) is 6.92 Å². The molecule has 0 spiro atoms. The number of thiophene rings is 1. The van der Waals surface area contributed by atoms with Gasteiger partial charge >= 0.3 is 0 Å². The Morgan fingerprint density at radius 3 is 2.50 bits per heavy atom. The van der Waals surface area contributed by atoms with Crippen LogP contribution >= 0.6 is 11.3 Å². The molecule has 2 aromatic heterocycles. The molecule has 28 heavy (non-hydrogen) atoms. The van der Waals surface area contributed by atoms with Crippen LogP contribution in [0.15, 0.2) is 40.1 Å². The van der Waals surface area contributed by atoms with Crippen molar-refractivity contribution in [1.29, 1.82) is 0 Å². The molecule has 0 atom stereocenters. The largest absolute Gasteiger partial charge is 0.484 e. The Hall–Kier alpha value is -3.13. The average Bonchev–Trinajstić information content (AvgIpc) is 3.28. The second-order valence-electron chi connectivity index (χ2n) is 6.38. The maximum absolute atomic E-state index is 12.1. The minimum atomic E-state index is -0.455. The molecule has 2 N–H and O–H groups in total. The monoisotopic (exact) mass is 399 g/mol. The zero-order valence-corrected chi connectivity index (χ0v) is 16.7. The maximum Gasteiger partial charge on any atom is 0.276 e. The maximum atomic E-state index is 12.1. The van der Waals surface area contributed by atoms with Crippen LogP contribution in [0.25, 0.3) is 10.8 Å². The van der Waals surface area contributed by atoms with Crippen molar-refractivity contribution in [2.75, 3.05) is 6.61 Å². The Morgan fingerprint density at radius 2 is 1.82 bits per heavy atom. The number of carbonyl (C=O) groups excluding carboxylic acids is 2. The van der Waals surface area contributed by atoms with Gasteiger partial charge in [-0.15, -0.1) is 11.3 Å². The first-order valence-electron chi connectivity index (χ1n) is 8.69. The zero-order chi connectivity index (χ0) is 20.1. The van der Waals surface area contributed by atoms with Crippen molar-refractivity contribution in [3.8, 4) is 16.5 Å². The van der Waals surface area contributed by atoms with E-state index in [1.807, 2.05) is 49.6 Å². The molecule has 146 valence electrons. The number of aromatic nitrogens is 1. The normalized spacial score (nSPS) is 10.5. The lowest BCUT2D eigenvalue weighted by Crippen LogP contribution is -2.44. The van der Waals surface area contributed by atoms with Crippen molar-refractivity contribution >= 4 is 23.2 Å². The molecule has 7 nitrogen and oxygen atoms in total. The summed E-state index contributed by atoms with van der Waals surface area (Å²) >= 11 is 1.51. The SMILES string of the molecule is Cc1cc(C)cc(OCC(=O)NNC(=O)Cc2nc(-c3cccs3)oc2C)c1. The smallest absolute Gasteiger partial charge is 0.276 e. The predicted octanol–water partition coefficient (Wildman–Crippen LogP) is 3.10. The summed E-state index contributed by atoms with van der Waals surface area (Å²) < 4.78 is 11.1. The zero-order valence-electron chi connectivity index (χ0n) is 15.9. The second kappa shape index (κ2) is 8.71. The van der Waals surface area contributed by atoms with E-state index in [0.717, 1.165) is 16.0 Å². The first-order valence-corrected chi connectivity index (χ1v) is 9.57.